The van der Waals surface area contributed by atoms with Crippen LogP contribution in [0.25, 0.3) is 0 Å². The quantitative estimate of drug-likeness (QED) is 0.727. The number of aliphatic hydroxyl groups is 1. The normalized spacial score (nSPS) is 25.7. The number of amides is 1. The molecule has 4 nitrogen and oxygen atoms in total. The molecule has 0 bridgehead atoms. The van der Waals surface area contributed by atoms with Gasteiger partial charge in [-0.25, -0.2) is 4.79 Å². The number of nitrogens with zero attached hydrogens (tertiary/aromatic N) is 1. The van der Waals surface area contributed by atoms with E-state index in [4.69, 9.17) is 9.84 Å². The highest BCUT2D eigenvalue weighted by Crippen LogP contribution is 2.24. The van der Waals surface area contributed by atoms with E-state index in [1.165, 1.54) is 0 Å². The van der Waals surface area contributed by atoms with Crippen LogP contribution in [0.1, 0.15) is 39.5 Å². The van der Waals surface area contributed by atoms with Crippen molar-refractivity contribution in [3.63, 3.8) is 0 Å². The zero-order valence-electron chi connectivity index (χ0n) is 9.61. The molecule has 15 heavy (non-hydrogen) atoms. The van der Waals surface area contributed by atoms with Crippen LogP contribution in [0.2, 0.25) is 0 Å². The van der Waals surface area contributed by atoms with Crippen LogP contribution in [-0.4, -0.2) is 41.4 Å². The van der Waals surface area contributed by atoms with E-state index < -0.39 is 0 Å². The van der Waals surface area contributed by atoms with E-state index in [2.05, 4.69) is 6.92 Å². The molecule has 0 aromatic carbocycles. The molecule has 1 amide bonds. The summed E-state index contributed by atoms with van der Waals surface area (Å²) in [6.45, 7) is 4.57. The highest BCUT2D eigenvalue weighted by molar-refractivity contribution is 5.68. The molecular weight excluding hydrogens is 194 g/mol. The highest BCUT2D eigenvalue weighted by atomic mass is 16.6. The van der Waals surface area contributed by atoms with Gasteiger partial charge in [0.2, 0.25) is 0 Å². The summed E-state index contributed by atoms with van der Waals surface area (Å²) in [6, 6.07) is 0.144. The van der Waals surface area contributed by atoms with Crippen LogP contribution in [0.5, 0.6) is 0 Å². The first kappa shape index (κ1) is 12.3. The number of carbonyl (C=O) groups excluding carboxylic acids is 1. The van der Waals surface area contributed by atoms with Crippen LogP contribution < -0.4 is 0 Å². The van der Waals surface area contributed by atoms with E-state index in [1.54, 1.807) is 4.90 Å². The third kappa shape index (κ3) is 3.09. The Morgan fingerprint density at radius 1 is 1.53 bits per heavy atom. The molecule has 0 aromatic heterocycles. The fraction of sp³-hybridized carbons (Fsp3) is 0.909. The van der Waals surface area contributed by atoms with E-state index in [1.807, 2.05) is 6.92 Å². The maximum atomic E-state index is 11.7. The molecule has 4 heteroatoms. The van der Waals surface area contributed by atoms with Crippen molar-refractivity contribution in [1.29, 1.82) is 0 Å². The van der Waals surface area contributed by atoms with Gasteiger partial charge in [-0.2, -0.15) is 0 Å². The molecule has 1 N–H and O–H groups in total. The Hall–Kier alpha value is -0.770. The SMILES string of the molecule is CCCCOC(=O)N1C(C)CCC1CO. The summed E-state index contributed by atoms with van der Waals surface area (Å²) in [4.78, 5) is 13.4. The first-order valence-corrected chi connectivity index (χ1v) is 5.76. The Morgan fingerprint density at radius 3 is 2.87 bits per heavy atom. The molecule has 1 fully saturated rings. The van der Waals surface area contributed by atoms with Gasteiger partial charge in [0.25, 0.3) is 0 Å². The van der Waals surface area contributed by atoms with Gasteiger partial charge in [0.05, 0.1) is 19.3 Å². The topological polar surface area (TPSA) is 49.8 Å². The highest BCUT2D eigenvalue weighted by Gasteiger charge is 2.34. The Bertz CT molecular complexity index is 208. The molecule has 2 unspecified atom stereocenters. The number of ether oxygens (including phenoxy) is 1. The summed E-state index contributed by atoms with van der Waals surface area (Å²) in [5, 5.41) is 9.13. The van der Waals surface area contributed by atoms with Gasteiger partial charge in [0.15, 0.2) is 0 Å². The van der Waals surface area contributed by atoms with Crippen LogP contribution in [0.3, 0.4) is 0 Å². The maximum absolute atomic E-state index is 11.7. The fourth-order valence-electron chi connectivity index (χ4n) is 1.96. The average molecular weight is 215 g/mol. The molecule has 1 aliphatic rings. The summed E-state index contributed by atoms with van der Waals surface area (Å²) >= 11 is 0. The Kier molecular flexibility index (Phi) is 4.88. The Balaban J connectivity index is 2.41. The minimum Gasteiger partial charge on any atom is -0.449 e. The number of likely N-dealkylation sites (tertiary alicyclic amines) is 1. The van der Waals surface area contributed by atoms with Gasteiger partial charge in [-0.1, -0.05) is 13.3 Å². The van der Waals surface area contributed by atoms with Crippen molar-refractivity contribution in [1.82, 2.24) is 4.90 Å². The molecule has 0 aromatic rings. The van der Waals surface area contributed by atoms with Crippen molar-refractivity contribution in [2.45, 2.75) is 51.6 Å². The molecule has 88 valence electrons. The van der Waals surface area contributed by atoms with E-state index in [0.717, 1.165) is 25.7 Å². The lowest BCUT2D eigenvalue weighted by molar-refractivity contribution is 0.0716. The summed E-state index contributed by atoms with van der Waals surface area (Å²) in [5.74, 6) is 0. The van der Waals surface area contributed by atoms with Crippen LogP contribution in [0, 0.1) is 0 Å². The lowest BCUT2D eigenvalue weighted by atomic mass is 10.2. The molecule has 2 atom stereocenters. The average Bonchev–Trinajstić information content (AvgIpc) is 2.59. The van der Waals surface area contributed by atoms with Gasteiger partial charge < -0.3 is 14.7 Å². The number of unbranched alkanes of at least 4 members (excludes halogenated alkanes) is 1. The number of aliphatic hydroxyl groups excluding tert-OH is 1. The monoisotopic (exact) mass is 215 g/mol. The smallest absolute Gasteiger partial charge is 0.410 e. The first-order valence-electron chi connectivity index (χ1n) is 5.76. The molecule has 1 saturated heterocycles. The predicted octanol–water partition coefficient (Wildman–Crippen LogP) is 1.77. The lowest BCUT2D eigenvalue weighted by Gasteiger charge is -2.26. The van der Waals surface area contributed by atoms with Crippen LogP contribution in [0.4, 0.5) is 4.79 Å². The van der Waals surface area contributed by atoms with Gasteiger partial charge >= 0.3 is 6.09 Å². The summed E-state index contributed by atoms with van der Waals surface area (Å²) in [5.41, 5.74) is 0. The van der Waals surface area contributed by atoms with E-state index in [0.29, 0.717) is 6.61 Å². The van der Waals surface area contributed by atoms with Crippen LogP contribution in [0.15, 0.2) is 0 Å². The van der Waals surface area contributed by atoms with Gasteiger partial charge in [0.1, 0.15) is 0 Å². The molecule has 1 heterocycles. The Morgan fingerprint density at radius 2 is 2.27 bits per heavy atom. The lowest BCUT2D eigenvalue weighted by Crippen LogP contribution is -2.42. The molecule has 1 rings (SSSR count). The number of rotatable bonds is 4. The number of hydrogen-bond acceptors (Lipinski definition) is 3. The minimum absolute atomic E-state index is 0.0349. The second-order valence-corrected chi connectivity index (χ2v) is 4.14. The standard InChI is InChI=1S/C11H21NO3/c1-3-4-7-15-11(14)12-9(2)5-6-10(12)8-13/h9-10,13H,3-8H2,1-2H3. The van der Waals surface area contributed by atoms with Crippen LogP contribution in [-0.2, 0) is 4.74 Å². The molecule has 1 aliphatic heterocycles. The van der Waals surface area contributed by atoms with E-state index in [9.17, 15) is 4.79 Å². The summed E-state index contributed by atoms with van der Waals surface area (Å²) in [6.07, 6.45) is 3.48. The zero-order valence-corrected chi connectivity index (χ0v) is 9.61. The summed E-state index contributed by atoms with van der Waals surface area (Å²) in [7, 11) is 0. The molecular formula is C11H21NO3. The largest absolute Gasteiger partial charge is 0.449 e. The molecule has 0 radical (unpaired) electrons. The minimum atomic E-state index is -0.271. The van der Waals surface area contributed by atoms with Gasteiger partial charge in [-0.05, 0) is 26.2 Å². The second kappa shape index (κ2) is 5.95. The van der Waals surface area contributed by atoms with Crippen molar-refractivity contribution in [2.75, 3.05) is 13.2 Å². The van der Waals surface area contributed by atoms with Gasteiger partial charge in [0, 0.05) is 6.04 Å². The summed E-state index contributed by atoms with van der Waals surface area (Å²) < 4.78 is 5.14. The zero-order chi connectivity index (χ0) is 11.3. The van der Waals surface area contributed by atoms with Crippen molar-refractivity contribution in [3.05, 3.63) is 0 Å². The van der Waals surface area contributed by atoms with Crippen molar-refractivity contribution in [2.24, 2.45) is 0 Å². The van der Waals surface area contributed by atoms with Crippen molar-refractivity contribution in [3.8, 4) is 0 Å². The van der Waals surface area contributed by atoms with E-state index in [-0.39, 0.29) is 24.8 Å². The molecule has 0 spiro atoms. The number of carbonyl (C=O) groups is 1. The third-order valence-electron chi connectivity index (χ3n) is 2.93. The van der Waals surface area contributed by atoms with E-state index >= 15 is 0 Å². The van der Waals surface area contributed by atoms with Crippen molar-refractivity contribution >= 4 is 6.09 Å². The predicted molar refractivity (Wildman–Crippen MR) is 57.7 cm³/mol. The second-order valence-electron chi connectivity index (χ2n) is 4.14. The van der Waals surface area contributed by atoms with Gasteiger partial charge in [-0.15, -0.1) is 0 Å². The van der Waals surface area contributed by atoms with Crippen molar-refractivity contribution < 1.29 is 14.6 Å². The maximum Gasteiger partial charge on any atom is 0.410 e. The fourth-order valence-corrected chi connectivity index (χ4v) is 1.96. The number of hydrogen-bond donors (Lipinski definition) is 1. The molecule has 0 saturated carbocycles. The van der Waals surface area contributed by atoms with Crippen LogP contribution >= 0.6 is 0 Å². The molecule has 0 aliphatic carbocycles. The van der Waals surface area contributed by atoms with Gasteiger partial charge in [-0.3, -0.25) is 0 Å². The third-order valence-corrected chi connectivity index (χ3v) is 2.93. The first-order chi connectivity index (χ1) is 7.20. The Labute approximate surface area is 91.2 Å².